The van der Waals surface area contributed by atoms with Crippen LogP contribution in [0, 0.1) is 0 Å². The van der Waals surface area contributed by atoms with Crippen LogP contribution in [0.3, 0.4) is 0 Å². The maximum absolute atomic E-state index is 11.6. The van der Waals surface area contributed by atoms with Crippen LogP contribution in [0.5, 0.6) is 0 Å². The van der Waals surface area contributed by atoms with Crippen molar-refractivity contribution in [3.63, 3.8) is 0 Å². The third-order valence-corrected chi connectivity index (χ3v) is 2.60. The van der Waals surface area contributed by atoms with E-state index in [-0.39, 0.29) is 44.2 Å². The zero-order chi connectivity index (χ0) is 10.3. The molecule has 0 saturated carbocycles. The van der Waals surface area contributed by atoms with Gasteiger partial charge in [-0.3, -0.25) is 4.79 Å². The molecule has 1 radical (unpaired) electrons. The van der Waals surface area contributed by atoms with Crippen molar-refractivity contribution < 1.29 is 32.7 Å². The summed E-state index contributed by atoms with van der Waals surface area (Å²) in [4.78, 5) is 17.6. The maximum atomic E-state index is 11.6. The molecule has 5 heteroatoms. The molecule has 0 amide bonds. The summed E-state index contributed by atoms with van der Waals surface area (Å²) in [5, 5.41) is 0. The Bertz CT molecular complexity index is 452. The molecule has 1 aliphatic rings. The first-order chi connectivity index (χ1) is 6.61. The van der Waals surface area contributed by atoms with E-state index in [2.05, 4.69) is 11.3 Å². The topological polar surface area (TPSA) is 37.6 Å². The number of aryl methyl sites for hydroxylation is 1. The van der Waals surface area contributed by atoms with Crippen LogP contribution in [0.15, 0.2) is 22.1 Å². The number of fused-ring (bicyclic) bond motifs is 1. The van der Waals surface area contributed by atoms with E-state index in [9.17, 15) is 4.79 Å². The van der Waals surface area contributed by atoms with Gasteiger partial charge in [0.05, 0.1) is 0 Å². The minimum atomic E-state index is 0. The van der Waals surface area contributed by atoms with Crippen LogP contribution in [0.4, 0.5) is 5.82 Å². The average Bonchev–Trinajstić information content (AvgIpc) is 2.16. The van der Waals surface area contributed by atoms with E-state index in [0.717, 1.165) is 5.56 Å². The number of aromatic nitrogens is 1. The van der Waals surface area contributed by atoms with Crippen LogP contribution < -0.4 is 5.43 Å². The predicted molar refractivity (Wildman–Crippen MR) is 55.0 cm³/mol. The molecule has 77 valence electrons. The van der Waals surface area contributed by atoms with E-state index < -0.39 is 0 Å². The maximum Gasteiger partial charge on any atom is 0.171 e. The zero-order valence-electron chi connectivity index (χ0n) is 9.06. The molecule has 0 spiro atoms. The van der Waals surface area contributed by atoms with Gasteiger partial charge < -0.3 is 14.5 Å². The van der Waals surface area contributed by atoms with Gasteiger partial charge in [0.2, 0.25) is 0 Å². The molecule has 2 heterocycles. The van der Waals surface area contributed by atoms with Crippen LogP contribution in [0.1, 0.15) is 18.5 Å². The molecule has 0 aliphatic carbocycles. The van der Waals surface area contributed by atoms with Gasteiger partial charge in [-0.05, 0) is 44.7 Å². The summed E-state index contributed by atoms with van der Waals surface area (Å²) in [6.07, 6.45) is 4.58. The molecular weight excluding hydrogens is 267 g/mol. The molecule has 1 aromatic rings. The van der Waals surface area contributed by atoms with E-state index in [0.29, 0.717) is 5.82 Å². The molecule has 1 aromatic heterocycles. The van der Waals surface area contributed by atoms with E-state index in [1.807, 2.05) is 30.5 Å². The van der Waals surface area contributed by atoms with E-state index in [1.54, 1.807) is 12.3 Å². The van der Waals surface area contributed by atoms with Gasteiger partial charge in [0, 0.05) is 38.8 Å². The fraction of sp³-hybridized carbons (Fsp3) is 0.400. The molecule has 1 atom stereocenters. The summed E-state index contributed by atoms with van der Waals surface area (Å²) in [5.74, 6) is 0.711. The van der Waals surface area contributed by atoms with Gasteiger partial charge in [-0.2, -0.15) is 0 Å². The Balaban J connectivity index is 0.00000112. The minimum Gasteiger partial charge on any atom is -0.443 e. The van der Waals surface area contributed by atoms with Gasteiger partial charge in [0.25, 0.3) is 0 Å². The number of aliphatic imine (C=N–C) groups is 1. The van der Waals surface area contributed by atoms with Crippen LogP contribution in [0.2, 0.25) is 0 Å². The Morgan fingerprint density at radius 3 is 2.80 bits per heavy atom. The Morgan fingerprint density at radius 2 is 2.13 bits per heavy atom. The summed E-state index contributed by atoms with van der Waals surface area (Å²) in [5.41, 5.74) is 0.791. The second kappa shape index (κ2) is 4.58. The average molecular weight is 279 g/mol. The Kier molecular flexibility index (Phi) is 3.84. The van der Waals surface area contributed by atoms with E-state index >= 15 is 0 Å². The van der Waals surface area contributed by atoms with Crippen molar-refractivity contribution >= 4 is 12.2 Å². The molecular formula is C10H12N3OY-. The number of pyridine rings is 1. The summed E-state index contributed by atoms with van der Waals surface area (Å²) < 4.78 is 1.84. The fourth-order valence-electron chi connectivity index (χ4n) is 1.58. The first kappa shape index (κ1) is 12.6. The summed E-state index contributed by atoms with van der Waals surface area (Å²) in [6, 6.07) is 1.62. The van der Waals surface area contributed by atoms with Gasteiger partial charge in [0.15, 0.2) is 5.43 Å². The van der Waals surface area contributed by atoms with Crippen molar-refractivity contribution in [3.8, 4) is 0 Å². The van der Waals surface area contributed by atoms with Crippen molar-refractivity contribution in [3.05, 3.63) is 28.0 Å². The molecule has 0 saturated heterocycles. The Morgan fingerprint density at radius 1 is 1.47 bits per heavy atom. The summed E-state index contributed by atoms with van der Waals surface area (Å²) in [7, 11) is 3.74. The van der Waals surface area contributed by atoms with Crippen LogP contribution in [-0.4, -0.2) is 22.9 Å². The van der Waals surface area contributed by atoms with Crippen LogP contribution in [-0.2, 0) is 39.8 Å². The van der Waals surface area contributed by atoms with Gasteiger partial charge in [-0.1, -0.05) is 6.34 Å². The minimum absolute atomic E-state index is 0. The Hall–Kier alpha value is -0.476. The number of nitrogens with zero attached hydrogens (tertiary/aromatic N) is 3. The van der Waals surface area contributed by atoms with Gasteiger partial charge in [0.1, 0.15) is 0 Å². The first-order valence-corrected chi connectivity index (χ1v) is 4.50. The standard InChI is InChI=1S/C10H12N3O.Y/c1-7-9-8(14)4-5-12(2)10(9)11-6-13(7)3;/h4-5,7H,1-3H3;/q-1;. The summed E-state index contributed by atoms with van der Waals surface area (Å²) >= 11 is 0. The SMILES string of the molecule is CC1c2c(n(C)ccc2=O)N=[C-]N1C.[Y]. The largest absolute Gasteiger partial charge is 0.443 e. The van der Waals surface area contributed by atoms with E-state index in [1.165, 1.54) is 0 Å². The normalized spacial score (nSPS) is 18.3. The van der Waals surface area contributed by atoms with Crippen LogP contribution >= 0.6 is 0 Å². The predicted octanol–water partition coefficient (Wildman–Crippen LogP) is 0.926. The molecule has 1 unspecified atom stereocenters. The monoisotopic (exact) mass is 279 g/mol. The number of hydrogen-bond donors (Lipinski definition) is 0. The second-order valence-corrected chi connectivity index (χ2v) is 3.53. The fourth-order valence-corrected chi connectivity index (χ4v) is 1.58. The molecule has 0 aromatic carbocycles. The molecule has 0 N–H and O–H groups in total. The van der Waals surface area contributed by atoms with Gasteiger partial charge in [-0.25, -0.2) is 0 Å². The van der Waals surface area contributed by atoms with Crippen molar-refractivity contribution in [2.24, 2.45) is 12.0 Å². The molecule has 2 rings (SSSR count). The molecule has 0 bridgehead atoms. The molecule has 0 fully saturated rings. The molecule has 15 heavy (non-hydrogen) atoms. The Labute approximate surface area is 114 Å². The van der Waals surface area contributed by atoms with Crippen LogP contribution in [0.25, 0.3) is 0 Å². The van der Waals surface area contributed by atoms with Crippen molar-refractivity contribution in [1.29, 1.82) is 0 Å². The third kappa shape index (κ3) is 2.06. The van der Waals surface area contributed by atoms with Gasteiger partial charge in [-0.15, -0.1) is 0 Å². The zero-order valence-corrected chi connectivity index (χ0v) is 11.9. The third-order valence-electron chi connectivity index (χ3n) is 2.60. The number of rotatable bonds is 0. The van der Waals surface area contributed by atoms with Crippen molar-refractivity contribution in [2.45, 2.75) is 13.0 Å². The van der Waals surface area contributed by atoms with Crippen molar-refractivity contribution in [2.75, 3.05) is 7.05 Å². The number of hydrogen-bond acceptors (Lipinski definition) is 3. The first-order valence-electron chi connectivity index (χ1n) is 4.50. The quantitative estimate of drug-likeness (QED) is 0.662. The smallest absolute Gasteiger partial charge is 0.171 e. The van der Waals surface area contributed by atoms with E-state index in [4.69, 9.17) is 0 Å². The van der Waals surface area contributed by atoms with Crippen molar-refractivity contribution in [1.82, 2.24) is 9.47 Å². The molecule has 1 aliphatic heterocycles. The van der Waals surface area contributed by atoms with Gasteiger partial charge >= 0.3 is 0 Å². The summed E-state index contributed by atoms with van der Waals surface area (Å²) in [6.45, 7) is 1.97. The molecule has 4 nitrogen and oxygen atoms in total. The second-order valence-electron chi connectivity index (χ2n) is 3.53.